The molecule has 0 aliphatic carbocycles. The van der Waals surface area contributed by atoms with Crippen LogP contribution in [-0.2, 0) is 0 Å². The molecule has 0 spiro atoms. The lowest BCUT2D eigenvalue weighted by molar-refractivity contribution is 0.105. The second-order valence-electron chi connectivity index (χ2n) is 4.63. The molecule has 0 fully saturated rings. The number of pyridine rings is 1. The molecule has 0 saturated carbocycles. The summed E-state index contributed by atoms with van der Waals surface area (Å²) in [5, 5.41) is 10.5. The molecule has 1 aromatic heterocycles. The van der Waals surface area contributed by atoms with Crippen LogP contribution in [0.1, 0.15) is 16.1 Å². The van der Waals surface area contributed by atoms with E-state index in [1.165, 1.54) is 0 Å². The molecule has 0 bridgehead atoms. The first-order valence-corrected chi connectivity index (χ1v) is 6.60. The maximum absolute atomic E-state index is 12.4. The predicted molar refractivity (Wildman–Crippen MR) is 83.1 cm³/mol. The summed E-state index contributed by atoms with van der Waals surface area (Å²) in [6, 6.07) is 20.1. The highest BCUT2D eigenvalue weighted by Gasteiger charge is 2.16. The molecule has 3 nitrogen and oxygen atoms in total. The number of hydrogen-bond donors (Lipinski definition) is 1. The quantitative estimate of drug-likeness (QED) is 0.446. The molecule has 3 aromatic rings. The second-order valence-corrected chi connectivity index (χ2v) is 4.63. The van der Waals surface area contributed by atoms with Gasteiger partial charge in [0.2, 0.25) is 0 Å². The van der Waals surface area contributed by atoms with E-state index in [1.807, 2.05) is 36.4 Å². The van der Waals surface area contributed by atoms with E-state index in [1.54, 1.807) is 30.3 Å². The third-order valence-electron chi connectivity index (χ3n) is 3.28. The van der Waals surface area contributed by atoms with Crippen LogP contribution >= 0.6 is 0 Å². The monoisotopic (exact) mass is 275 g/mol. The van der Waals surface area contributed by atoms with Gasteiger partial charge in [0.05, 0.1) is 23.0 Å². The Bertz CT molecular complexity index is 823. The number of allylic oxidation sites excluding steroid dienone is 1. The largest absolute Gasteiger partial charge is 0.515 e. The Hall–Kier alpha value is -2.94. The number of nitrogens with zero attached hydrogens (tertiary/aromatic N) is 1. The van der Waals surface area contributed by atoms with Crippen molar-refractivity contribution in [3.05, 3.63) is 84.2 Å². The molecule has 102 valence electrons. The van der Waals surface area contributed by atoms with Crippen molar-refractivity contribution in [1.82, 2.24) is 4.98 Å². The van der Waals surface area contributed by atoms with E-state index >= 15 is 0 Å². The van der Waals surface area contributed by atoms with Gasteiger partial charge in [0.1, 0.15) is 0 Å². The van der Waals surface area contributed by atoms with Crippen molar-refractivity contribution in [2.75, 3.05) is 0 Å². The Morgan fingerprint density at radius 1 is 0.905 bits per heavy atom. The number of benzene rings is 2. The maximum Gasteiger partial charge on any atom is 0.198 e. The molecular weight excluding hydrogens is 262 g/mol. The number of rotatable bonds is 3. The lowest BCUT2D eigenvalue weighted by Gasteiger charge is -2.06. The van der Waals surface area contributed by atoms with Gasteiger partial charge in [0.15, 0.2) is 5.78 Å². The van der Waals surface area contributed by atoms with E-state index in [9.17, 15) is 9.90 Å². The highest BCUT2D eigenvalue weighted by molar-refractivity contribution is 6.28. The standard InChI is InChI=1S/C18H13NO2/c20-12-15(18(21)14-7-2-1-3-8-14)17-11-10-13-6-4-5-9-16(13)19-17/h1-12,20H. The molecule has 3 rings (SSSR count). The topological polar surface area (TPSA) is 50.2 Å². The molecular formula is C18H13NO2. The number of Topliss-reactive ketones (excluding diaryl/α,β-unsaturated/α-hetero) is 1. The zero-order valence-corrected chi connectivity index (χ0v) is 11.2. The van der Waals surface area contributed by atoms with Gasteiger partial charge in [-0.05, 0) is 12.1 Å². The molecule has 0 atom stereocenters. The fourth-order valence-corrected chi connectivity index (χ4v) is 2.20. The Kier molecular flexibility index (Phi) is 3.48. The first kappa shape index (κ1) is 13.1. The summed E-state index contributed by atoms with van der Waals surface area (Å²) in [4.78, 5) is 16.9. The van der Waals surface area contributed by atoms with Crippen LogP contribution in [0, 0.1) is 0 Å². The smallest absolute Gasteiger partial charge is 0.198 e. The van der Waals surface area contributed by atoms with E-state index in [0.717, 1.165) is 17.2 Å². The maximum atomic E-state index is 12.4. The summed E-state index contributed by atoms with van der Waals surface area (Å²) in [6.07, 6.45) is 0.826. The Balaban J connectivity index is 2.05. The number of aromatic nitrogens is 1. The summed E-state index contributed by atoms with van der Waals surface area (Å²) >= 11 is 0. The zero-order chi connectivity index (χ0) is 14.7. The van der Waals surface area contributed by atoms with Crippen molar-refractivity contribution in [3.8, 4) is 0 Å². The van der Waals surface area contributed by atoms with Crippen LogP contribution < -0.4 is 0 Å². The van der Waals surface area contributed by atoms with Crippen molar-refractivity contribution in [2.45, 2.75) is 0 Å². The number of aliphatic hydroxyl groups is 1. The van der Waals surface area contributed by atoms with E-state index in [0.29, 0.717) is 11.3 Å². The summed E-state index contributed by atoms with van der Waals surface area (Å²) in [5.74, 6) is -0.249. The molecule has 0 aliphatic heterocycles. The number of para-hydroxylation sites is 1. The van der Waals surface area contributed by atoms with Gasteiger partial charge >= 0.3 is 0 Å². The van der Waals surface area contributed by atoms with Gasteiger partial charge in [0.25, 0.3) is 0 Å². The fourth-order valence-electron chi connectivity index (χ4n) is 2.20. The molecule has 2 aromatic carbocycles. The van der Waals surface area contributed by atoms with Crippen molar-refractivity contribution >= 4 is 22.3 Å². The summed E-state index contributed by atoms with van der Waals surface area (Å²) in [6.45, 7) is 0. The minimum absolute atomic E-state index is 0.187. The highest BCUT2D eigenvalue weighted by Crippen LogP contribution is 2.20. The lowest BCUT2D eigenvalue weighted by Crippen LogP contribution is -2.04. The Morgan fingerprint density at radius 3 is 2.38 bits per heavy atom. The van der Waals surface area contributed by atoms with Crippen LogP contribution in [0.2, 0.25) is 0 Å². The molecule has 1 heterocycles. The molecule has 3 heteroatoms. The van der Waals surface area contributed by atoms with Gasteiger partial charge in [-0.15, -0.1) is 0 Å². The first-order valence-electron chi connectivity index (χ1n) is 6.60. The molecule has 0 radical (unpaired) electrons. The average Bonchev–Trinajstić information content (AvgIpc) is 2.56. The molecule has 0 saturated heterocycles. The summed E-state index contributed by atoms with van der Waals surface area (Å²) in [7, 11) is 0. The number of fused-ring (bicyclic) bond motifs is 1. The van der Waals surface area contributed by atoms with Gasteiger partial charge in [-0.1, -0.05) is 54.6 Å². The Labute approximate surface area is 122 Å². The van der Waals surface area contributed by atoms with Gasteiger partial charge < -0.3 is 5.11 Å². The third kappa shape index (κ3) is 2.54. The van der Waals surface area contributed by atoms with E-state index < -0.39 is 0 Å². The molecule has 1 N–H and O–H groups in total. The molecule has 0 aliphatic rings. The zero-order valence-electron chi connectivity index (χ0n) is 11.2. The Morgan fingerprint density at radius 2 is 1.62 bits per heavy atom. The van der Waals surface area contributed by atoms with Crippen LogP contribution in [0.5, 0.6) is 0 Å². The summed E-state index contributed by atoms with van der Waals surface area (Å²) < 4.78 is 0. The van der Waals surface area contributed by atoms with Crippen molar-refractivity contribution in [3.63, 3.8) is 0 Å². The van der Waals surface area contributed by atoms with Crippen molar-refractivity contribution in [1.29, 1.82) is 0 Å². The van der Waals surface area contributed by atoms with Crippen LogP contribution in [0.25, 0.3) is 16.5 Å². The normalized spacial score (nSPS) is 11.5. The van der Waals surface area contributed by atoms with Crippen LogP contribution in [0.3, 0.4) is 0 Å². The number of carbonyl (C=O) groups is 1. The highest BCUT2D eigenvalue weighted by atomic mass is 16.2. The van der Waals surface area contributed by atoms with Gasteiger partial charge in [0, 0.05) is 10.9 Å². The minimum Gasteiger partial charge on any atom is -0.515 e. The van der Waals surface area contributed by atoms with E-state index in [-0.39, 0.29) is 11.4 Å². The van der Waals surface area contributed by atoms with Gasteiger partial charge in [-0.25, -0.2) is 4.98 Å². The number of hydrogen-bond acceptors (Lipinski definition) is 3. The molecule has 0 amide bonds. The van der Waals surface area contributed by atoms with Crippen molar-refractivity contribution in [2.24, 2.45) is 0 Å². The molecule has 0 unspecified atom stereocenters. The van der Waals surface area contributed by atoms with Gasteiger partial charge in [-0.2, -0.15) is 0 Å². The van der Waals surface area contributed by atoms with Crippen LogP contribution in [0.15, 0.2) is 73.0 Å². The number of carbonyl (C=O) groups excluding carboxylic acids is 1. The van der Waals surface area contributed by atoms with E-state index in [2.05, 4.69) is 4.98 Å². The fraction of sp³-hybridized carbons (Fsp3) is 0. The SMILES string of the molecule is O=C(C(=CO)c1ccc2ccccc2n1)c1ccccc1. The summed E-state index contributed by atoms with van der Waals surface area (Å²) in [5.41, 5.74) is 1.96. The second kappa shape index (κ2) is 5.59. The van der Waals surface area contributed by atoms with Crippen molar-refractivity contribution < 1.29 is 9.90 Å². The first-order chi connectivity index (χ1) is 10.3. The van der Waals surface area contributed by atoms with Gasteiger partial charge in [-0.3, -0.25) is 4.79 Å². The number of aliphatic hydroxyl groups excluding tert-OH is 1. The average molecular weight is 275 g/mol. The van der Waals surface area contributed by atoms with Crippen LogP contribution in [0.4, 0.5) is 0 Å². The van der Waals surface area contributed by atoms with E-state index in [4.69, 9.17) is 0 Å². The number of ketones is 1. The molecule has 21 heavy (non-hydrogen) atoms. The lowest BCUT2D eigenvalue weighted by atomic mass is 10.0. The predicted octanol–water partition coefficient (Wildman–Crippen LogP) is 4.02. The minimum atomic E-state index is -0.249. The van der Waals surface area contributed by atoms with Crippen LogP contribution in [-0.4, -0.2) is 15.9 Å². The third-order valence-corrected chi connectivity index (χ3v) is 3.28.